The Bertz CT molecular complexity index is 916. The van der Waals surface area contributed by atoms with Crippen molar-refractivity contribution in [1.82, 2.24) is 0 Å². The van der Waals surface area contributed by atoms with Crippen molar-refractivity contribution in [3.05, 3.63) is 47.5 Å². The molecule has 0 saturated carbocycles. The van der Waals surface area contributed by atoms with E-state index < -0.39 is 0 Å². The van der Waals surface area contributed by atoms with Crippen molar-refractivity contribution < 1.29 is 19.1 Å². The number of anilines is 3. The predicted molar refractivity (Wildman–Crippen MR) is 108 cm³/mol. The summed E-state index contributed by atoms with van der Waals surface area (Å²) in [6.07, 6.45) is 0.0561. The van der Waals surface area contributed by atoms with E-state index >= 15 is 0 Å². The van der Waals surface area contributed by atoms with Crippen molar-refractivity contribution in [2.45, 2.75) is 19.8 Å². The van der Waals surface area contributed by atoms with Crippen molar-refractivity contribution >= 4 is 46.4 Å². The fraction of sp³-hybridized carbons (Fsp3) is 0.250. The molecule has 2 N–H and O–H groups in total. The first kappa shape index (κ1) is 19.7. The predicted octanol–water partition coefficient (Wildman–Crippen LogP) is 3.44. The number of ether oxygens (including phenoxy) is 1. The van der Waals surface area contributed by atoms with Crippen LogP contribution in [-0.2, 0) is 14.4 Å². The molecule has 146 valence electrons. The van der Waals surface area contributed by atoms with Gasteiger partial charge in [0, 0.05) is 24.8 Å². The second kappa shape index (κ2) is 8.75. The Morgan fingerprint density at radius 3 is 2.64 bits per heavy atom. The number of para-hydroxylation sites is 2. The van der Waals surface area contributed by atoms with Gasteiger partial charge in [-0.1, -0.05) is 23.7 Å². The summed E-state index contributed by atoms with van der Waals surface area (Å²) < 4.78 is 5.54. The van der Waals surface area contributed by atoms with Gasteiger partial charge in [0.05, 0.1) is 23.6 Å². The Balaban J connectivity index is 1.62. The van der Waals surface area contributed by atoms with Crippen LogP contribution < -0.4 is 20.3 Å². The van der Waals surface area contributed by atoms with Gasteiger partial charge in [-0.15, -0.1) is 0 Å². The molecule has 0 spiro atoms. The molecule has 0 saturated heterocycles. The highest BCUT2D eigenvalue weighted by molar-refractivity contribution is 6.31. The second-order valence-corrected chi connectivity index (χ2v) is 6.72. The summed E-state index contributed by atoms with van der Waals surface area (Å²) in [5, 5.41) is 5.75. The third-order valence-electron chi connectivity index (χ3n) is 4.16. The molecule has 8 heteroatoms. The topological polar surface area (TPSA) is 87.7 Å². The number of benzene rings is 2. The molecule has 0 bridgehead atoms. The van der Waals surface area contributed by atoms with Gasteiger partial charge in [-0.3, -0.25) is 14.4 Å². The SMILES string of the molecule is CC(=O)Nc1ccc(Cl)cc1NC(=O)CCC(=O)N1CCOc2ccccc21. The van der Waals surface area contributed by atoms with Crippen LogP contribution in [0.2, 0.25) is 5.02 Å². The van der Waals surface area contributed by atoms with Crippen LogP contribution in [0.5, 0.6) is 5.75 Å². The van der Waals surface area contributed by atoms with E-state index in [1.807, 2.05) is 24.3 Å². The fourth-order valence-electron chi connectivity index (χ4n) is 2.92. The van der Waals surface area contributed by atoms with Gasteiger partial charge in [0.15, 0.2) is 0 Å². The largest absolute Gasteiger partial charge is 0.490 e. The maximum atomic E-state index is 12.6. The van der Waals surface area contributed by atoms with Crippen LogP contribution in [0.4, 0.5) is 17.1 Å². The van der Waals surface area contributed by atoms with Gasteiger partial charge in [0.25, 0.3) is 0 Å². The zero-order chi connectivity index (χ0) is 20.1. The van der Waals surface area contributed by atoms with Crippen LogP contribution in [-0.4, -0.2) is 30.9 Å². The summed E-state index contributed by atoms with van der Waals surface area (Å²) in [6.45, 7) is 2.23. The number of rotatable bonds is 5. The monoisotopic (exact) mass is 401 g/mol. The van der Waals surface area contributed by atoms with Crippen molar-refractivity contribution in [1.29, 1.82) is 0 Å². The van der Waals surface area contributed by atoms with E-state index in [0.29, 0.717) is 41.0 Å². The van der Waals surface area contributed by atoms with Crippen molar-refractivity contribution in [3.63, 3.8) is 0 Å². The Hall–Kier alpha value is -3.06. The Morgan fingerprint density at radius 2 is 1.86 bits per heavy atom. The lowest BCUT2D eigenvalue weighted by Gasteiger charge is -2.29. The Morgan fingerprint density at radius 1 is 1.07 bits per heavy atom. The van der Waals surface area contributed by atoms with E-state index in [-0.39, 0.29) is 30.6 Å². The maximum absolute atomic E-state index is 12.6. The second-order valence-electron chi connectivity index (χ2n) is 6.28. The minimum Gasteiger partial charge on any atom is -0.490 e. The van der Waals surface area contributed by atoms with E-state index in [4.69, 9.17) is 16.3 Å². The molecule has 2 aromatic carbocycles. The smallest absolute Gasteiger partial charge is 0.227 e. The van der Waals surface area contributed by atoms with E-state index in [2.05, 4.69) is 10.6 Å². The average Bonchev–Trinajstić information content (AvgIpc) is 2.67. The maximum Gasteiger partial charge on any atom is 0.227 e. The van der Waals surface area contributed by atoms with Crippen molar-refractivity contribution in [2.75, 3.05) is 28.7 Å². The lowest BCUT2D eigenvalue weighted by atomic mass is 10.2. The van der Waals surface area contributed by atoms with E-state index in [1.54, 1.807) is 23.1 Å². The van der Waals surface area contributed by atoms with E-state index in [9.17, 15) is 14.4 Å². The molecule has 1 heterocycles. The summed E-state index contributed by atoms with van der Waals surface area (Å²) >= 11 is 5.98. The molecule has 0 radical (unpaired) electrons. The number of halogens is 1. The minimum atomic E-state index is -0.344. The van der Waals surface area contributed by atoms with Crippen LogP contribution in [0.3, 0.4) is 0 Å². The molecule has 0 aromatic heterocycles. The molecular formula is C20H20ClN3O4. The first-order valence-electron chi connectivity index (χ1n) is 8.83. The first-order chi connectivity index (χ1) is 13.4. The first-order valence-corrected chi connectivity index (χ1v) is 9.21. The number of carbonyl (C=O) groups excluding carboxylic acids is 3. The van der Waals surface area contributed by atoms with Gasteiger partial charge in [-0.05, 0) is 30.3 Å². The van der Waals surface area contributed by atoms with Gasteiger partial charge in [0.2, 0.25) is 17.7 Å². The number of hydrogen-bond donors (Lipinski definition) is 2. The van der Waals surface area contributed by atoms with E-state index in [0.717, 1.165) is 0 Å². The van der Waals surface area contributed by atoms with Crippen LogP contribution in [0.25, 0.3) is 0 Å². The lowest BCUT2D eigenvalue weighted by molar-refractivity contribution is -0.122. The molecule has 28 heavy (non-hydrogen) atoms. The third kappa shape index (κ3) is 4.80. The lowest BCUT2D eigenvalue weighted by Crippen LogP contribution is -2.38. The summed E-state index contributed by atoms with van der Waals surface area (Å²) in [7, 11) is 0. The molecule has 0 fully saturated rings. The zero-order valence-electron chi connectivity index (χ0n) is 15.3. The Labute approximate surface area is 167 Å². The molecule has 0 atom stereocenters. The number of amides is 3. The van der Waals surface area contributed by atoms with Gasteiger partial charge in [0.1, 0.15) is 12.4 Å². The van der Waals surface area contributed by atoms with Gasteiger partial charge < -0.3 is 20.3 Å². The number of nitrogens with one attached hydrogen (secondary N) is 2. The van der Waals surface area contributed by atoms with Gasteiger partial charge >= 0.3 is 0 Å². The molecule has 1 aliphatic rings. The van der Waals surface area contributed by atoms with Crippen molar-refractivity contribution in [2.24, 2.45) is 0 Å². The third-order valence-corrected chi connectivity index (χ3v) is 4.40. The summed E-state index contributed by atoms with van der Waals surface area (Å²) in [6, 6.07) is 12.1. The Kier molecular flexibility index (Phi) is 6.16. The summed E-state index contributed by atoms with van der Waals surface area (Å²) in [5.74, 6) is -0.104. The molecule has 2 aromatic rings. The normalized spacial score (nSPS) is 12.6. The molecular weight excluding hydrogens is 382 g/mol. The molecule has 1 aliphatic heterocycles. The van der Waals surface area contributed by atoms with Gasteiger partial charge in [-0.25, -0.2) is 0 Å². The fourth-order valence-corrected chi connectivity index (χ4v) is 3.09. The molecule has 7 nitrogen and oxygen atoms in total. The van der Waals surface area contributed by atoms with Crippen LogP contribution in [0, 0.1) is 0 Å². The highest BCUT2D eigenvalue weighted by atomic mass is 35.5. The van der Waals surface area contributed by atoms with Gasteiger partial charge in [-0.2, -0.15) is 0 Å². The zero-order valence-corrected chi connectivity index (χ0v) is 16.1. The number of fused-ring (bicyclic) bond motifs is 1. The highest BCUT2D eigenvalue weighted by Gasteiger charge is 2.23. The van der Waals surface area contributed by atoms with Crippen LogP contribution in [0.15, 0.2) is 42.5 Å². The summed E-state index contributed by atoms with van der Waals surface area (Å²) in [5.41, 5.74) is 1.54. The molecule has 0 aliphatic carbocycles. The highest BCUT2D eigenvalue weighted by Crippen LogP contribution is 2.31. The van der Waals surface area contributed by atoms with Crippen molar-refractivity contribution in [3.8, 4) is 5.75 Å². The van der Waals surface area contributed by atoms with Crippen LogP contribution >= 0.6 is 11.6 Å². The van der Waals surface area contributed by atoms with Crippen LogP contribution in [0.1, 0.15) is 19.8 Å². The molecule has 0 unspecified atom stereocenters. The average molecular weight is 402 g/mol. The summed E-state index contributed by atoms with van der Waals surface area (Å²) in [4.78, 5) is 37.9. The number of hydrogen-bond acceptors (Lipinski definition) is 4. The van der Waals surface area contributed by atoms with E-state index in [1.165, 1.54) is 6.92 Å². The molecule has 3 amide bonds. The molecule has 3 rings (SSSR count). The standard InChI is InChI=1S/C20H20ClN3O4/c1-13(25)22-15-7-6-14(21)12-16(15)23-19(26)8-9-20(27)24-10-11-28-18-5-3-2-4-17(18)24/h2-7,12H,8-11H2,1H3,(H,22,25)(H,23,26). The number of carbonyl (C=O) groups is 3. The minimum absolute atomic E-state index is 0.00435. The number of nitrogens with zero attached hydrogens (tertiary/aromatic N) is 1. The quantitative estimate of drug-likeness (QED) is 0.803.